The Labute approximate surface area is 167 Å². The molecule has 29 heavy (non-hydrogen) atoms. The van der Waals surface area contributed by atoms with Crippen molar-refractivity contribution in [2.45, 2.75) is 18.9 Å². The molecule has 7 nitrogen and oxygen atoms in total. The highest BCUT2D eigenvalue weighted by atomic mass is 19.1. The lowest BCUT2D eigenvalue weighted by molar-refractivity contribution is 0.102. The van der Waals surface area contributed by atoms with Gasteiger partial charge in [-0.3, -0.25) is 9.78 Å². The summed E-state index contributed by atoms with van der Waals surface area (Å²) in [5.74, 6) is -0.703. The Morgan fingerprint density at radius 3 is 2.90 bits per heavy atom. The standard InChI is InChI=1S/C21H21FN6O/c22-16-6-2-1-5-15(16)20-25-10-7-17(26-20)21(29)27-18-12-24-9-8-19(18)28-11-3-4-14(23)13-28/h1-2,5-10,12,14H,3-4,11,13,23H2,(H,27,29)/t14-/m0/s1. The predicted molar refractivity (Wildman–Crippen MR) is 109 cm³/mol. The van der Waals surface area contributed by atoms with E-state index >= 15 is 0 Å². The molecule has 3 N–H and O–H groups in total. The number of piperidine rings is 1. The van der Waals surface area contributed by atoms with E-state index in [9.17, 15) is 9.18 Å². The zero-order valence-corrected chi connectivity index (χ0v) is 15.8. The summed E-state index contributed by atoms with van der Waals surface area (Å²) in [5.41, 5.74) is 7.93. The first-order chi connectivity index (χ1) is 14.1. The van der Waals surface area contributed by atoms with Gasteiger partial charge in [-0.15, -0.1) is 0 Å². The highest BCUT2D eigenvalue weighted by molar-refractivity contribution is 6.04. The van der Waals surface area contributed by atoms with Crippen molar-refractivity contribution in [3.8, 4) is 11.4 Å². The molecule has 1 fully saturated rings. The van der Waals surface area contributed by atoms with Crippen molar-refractivity contribution >= 4 is 17.3 Å². The average molecular weight is 392 g/mol. The van der Waals surface area contributed by atoms with Gasteiger partial charge in [-0.25, -0.2) is 14.4 Å². The van der Waals surface area contributed by atoms with Crippen molar-refractivity contribution in [2.24, 2.45) is 5.73 Å². The number of pyridine rings is 1. The van der Waals surface area contributed by atoms with E-state index in [-0.39, 0.29) is 23.1 Å². The topological polar surface area (TPSA) is 97.0 Å². The SMILES string of the molecule is N[C@H]1CCCN(c2ccncc2NC(=O)c2ccnc(-c3ccccc3F)n2)C1. The van der Waals surface area contributed by atoms with Crippen molar-refractivity contribution in [1.29, 1.82) is 0 Å². The maximum absolute atomic E-state index is 14.0. The molecule has 0 spiro atoms. The number of benzene rings is 1. The molecule has 0 radical (unpaired) electrons. The number of hydrogen-bond acceptors (Lipinski definition) is 6. The summed E-state index contributed by atoms with van der Waals surface area (Å²) in [5, 5.41) is 2.86. The van der Waals surface area contributed by atoms with Crippen LogP contribution in [0.2, 0.25) is 0 Å². The van der Waals surface area contributed by atoms with Gasteiger partial charge in [0.2, 0.25) is 0 Å². The molecule has 1 saturated heterocycles. The van der Waals surface area contributed by atoms with Crippen LogP contribution in [0.4, 0.5) is 15.8 Å². The van der Waals surface area contributed by atoms with E-state index in [0.717, 1.165) is 31.6 Å². The van der Waals surface area contributed by atoms with E-state index in [4.69, 9.17) is 5.73 Å². The Morgan fingerprint density at radius 2 is 2.07 bits per heavy atom. The average Bonchev–Trinajstić information content (AvgIpc) is 2.74. The van der Waals surface area contributed by atoms with Crippen LogP contribution in [-0.2, 0) is 0 Å². The molecule has 0 saturated carbocycles. The van der Waals surface area contributed by atoms with E-state index in [1.54, 1.807) is 30.6 Å². The molecule has 0 aliphatic carbocycles. The molecule has 8 heteroatoms. The van der Waals surface area contributed by atoms with Crippen LogP contribution in [-0.4, -0.2) is 40.0 Å². The van der Waals surface area contributed by atoms with Crippen LogP contribution < -0.4 is 16.0 Å². The zero-order valence-electron chi connectivity index (χ0n) is 15.8. The monoisotopic (exact) mass is 392 g/mol. The highest BCUT2D eigenvalue weighted by Crippen LogP contribution is 2.27. The van der Waals surface area contributed by atoms with E-state index in [2.05, 4.69) is 25.2 Å². The molecular weight excluding hydrogens is 371 g/mol. The Morgan fingerprint density at radius 1 is 1.21 bits per heavy atom. The van der Waals surface area contributed by atoms with Gasteiger partial charge in [0, 0.05) is 31.5 Å². The molecule has 0 bridgehead atoms. The Balaban J connectivity index is 1.58. The van der Waals surface area contributed by atoms with E-state index in [1.807, 2.05) is 6.07 Å². The number of hydrogen-bond donors (Lipinski definition) is 2. The van der Waals surface area contributed by atoms with Gasteiger partial charge >= 0.3 is 0 Å². The molecule has 1 aromatic carbocycles. The van der Waals surface area contributed by atoms with Gasteiger partial charge in [0.15, 0.2) is 5.82 Å². The van der Waals surface area contributed by atoms with Crippen LogP contribution in [0.3, 0.4) is 0 Å². The summed E-state index contributed by atoms with van der Waals surface area (Å²) in [7, 11) is 0. The number of nitrogens with zero attached hydrogens (tertiary/aromatic N) is 4. The summed E-state index contributed by atoms with van der Waals surface area (Å²) >= 11 is 0. The van der Waals surface area contributed by atoms with Crippen molar-refractivity contribution in [3.63, 3.8) is 0 Å². The first kappa shape index (κ1) is 18.9. The molecule has 148 valence electrons. The number of aromatic nitrogens is 3. The Bertz CT molecular complexity index is 1030. The maximum Gasteiger partial charge on any atom is 0.274 e. The molecule has 1 aliphatic rings. The summed E-state index contributed by atoms with van der Waals surface area (Å²) in [6, 6.07) is 9.64. The quantitative estimate of drug-likeness (QED) is 0.709. The lowest BCUT2D eigenvalue weighted by atomic mass is 10.1. The fraction of sp³-hybridized carbons (Fsp3) is 0.238. The van der Waals surface area contributed by atoms with Gasteiger partial charge in [0.1, 0.15) is 11.5 Å². The van der Waals surface area contributed by atoms with Gasteiger partial charge in [-0.1, -0.05) is 12.1 Å². The normalized spacial score (nSPS) is 16.5. The highest BCUT2D eigenvalue weighted by Gasteiger charge is 2.21. The predicted octanol–water partition coefficient (Wildman–Crippen LogP) is 2.86. The molecule has 1 atom stereocenters. The van der Waals surface area contributed by atoms with Gasteiger partial charge in [0.25, 0.3) is 5.91 Å². The molecular formula is C21H21FN6O. The Kier molecular flexibility index (Phi) is 5.44. The maximum atomic E-state index is 14.0. The van der Waals surface area contributed by atoms with Crippen molar-refractivity contribution in [2.75, 3.05) is 23.3 Å². The van der Waals surface area contributed by atoms with Crippen molar-refractivity contribution in [3.05, 3.63) is 66.5 Å². The number of nitrogens with two attached hydrogens (primary N) is 1. The van der Waals surface area contributed by atoms with Crippen molar-refractivity contribution < 1.29 is 9.18 Å². The molecule has 1 amide bonds. The summed E-state index contributed by atoms with van der Waals surface area (Å²) in [6.07, 6.45) is 6.72. The van der Waals surface area contributed by atoms with Crippen LogP contribution in [0.25, 0.3) is 11.4 Å². The van der Waals surface area contributed by atoms with E-state index in [1.165, 1.54) is 18.3 Å². The summed E-state index contributed by atoms with van der Waals surface area (Å²) in [6.45, 7) is 1.59. The lowest BCUT2D eigenvalue weighted by Gasteiger charge is -2.33. The minimum absolute atomic E-state index is 0.102. The summed E-state index contributed by atoms with van der Waals surface area (Å²) in [4.78, 5) is 27.4. The molecule has 4 rings (SSSR count). The number of rotatable bonds is 4. The smallest absolute Gasteiger partial charge is 0.274 e. The minimum Gasteiger partial charge on any atom is -0.368 e. The fourth-order valence-corrected chi connectivity index (χ4v) is 3.43. The fourth-order valence-electron chi connectivity index (χ4n) is 3.43. The second kappa shape index (κ2) is 8.32. The van der Waals surface area contributed by atoms with Crippen LogP contribution >= 0.6 is 0 Å². The largest absolute Gasteiger partial charge is 0.368 e. The van der Waals surface area contributed by atoms with Gasteiger partial charge in [-0.2, -0.15) is 0 Å². The third kappa shape index (κ3) is 4.22. The first-order valence-corrected chi connectivity index (χ1v) is 9.45. The minimum atomic E-state index is -0.443. The molecule has 0 unspecified atom stereocenters. The second-order valence-electron chi connectivity index (χ2n) is 6.94. The summed E-state index contributed by atoms with van der Waals surface area (Å²) < 4.78 is 14.0. The van der Waals surface area contributed by atoms with E-state index < -0.39 is 11.7 Å². The van der Waals surface area contributed by atoms with Gasteiger partial charge < -0.3 is 16.0 Å². The third-order valence-corrected chi connectivity index (χ3v) is 4.85. The Hall–Kier alpha value is -3.39. The number of nitrogens with one attached hydrogen (secondary N) is 1. The van der Waals surface area contributed by atoms with Crippen LogP contribution in [0.5, 0.6) is 0 Å². The first-order valence-electron chi connectivity index (χ1n) is 9.45. The van der Waals surface area contributed by atoms with E-state index in [0.29, 0.717) is 5.69 Å². The number of halogens is 1. The lowest BCUT2D eigenvalue weighted by Crippen LogP contribution is -2.43. The van der Waals surface area contributed by atoms with Crippen LogP contribution in [0.15, 0.2) is 55.0 Å². The number of carbonyl (C=O) groups excluding carboxylic acids is 1. The number of amides is 1. The number of carbonyl (C=O) groups is 1. The molecule has 3 heterocycles. The van der Waals surface area contributed by atoms with Gasteiger partial charge in [0.05, 0.1) is 23.1 Å². The molecule has 1 aliphatic heterocycles. The second-order valence-corrected chi connectivity index (χ2v) is 6.94. The van der Waals surface area contributed by atoms with Crippen LogP contribution in [0.1, 0.15) is 23.3 Å². The molecule has 3 aromatic rings. The molecule has 2 aromatic heterocycles. The third-order valence-electron chi connectivity index (χ3n) is 4.85. The zero-order chi connectivity index (χ0) is 20.2. The van der Waals surface area contributed by atoms with Gasteiger partial charge in [-0.05, 0) is 37.1 Å². The van der Waals surface area contributed by atoms with Crippen LogP contribution in [0, 0.1) is 5.82 Å². The number of anilines is 2. The van der Waals surface area contributed by atoms with Crippen molar-refractivity contribution in [1.82, 2.24) is 15.0 Å².